The average molecular weight is 385 g/mol. The number of sulfonamides is 1. The number of nitrogens with one attached hydrogen (secondary N) is 1. The van der Waals surface area contributed by atoms with Crippen LogP contribution >= 0.6 is 11.6 Å². The Balaban J connectivity index is 1.67. The molecule has 0 aliphatic carbocycles. The first-order valence-corrected chi connectivity index (χ1v) is 10.6. The van der Waals surface area contributed by atoms with Gasteiger partial charge in [0, 0.05) is 17.9 Å². The summed E-state index contributed by atoms with van der Waals surface area (Å²) in [6.07, 6.45) is 3.64. The van der Waals surface area contributed by atoms with Gasteiger partial charge < -0.3 is 0 Å². The lowest BCUT2D eigenvalue weighted by atomic mass is 9.80. The Hall–Kier alpha value is -1.44. The van der Waals surface area contributed by atoms with Crippen LogP contribution in [-0.2, 0) is 14.8 Å². The molecule has 6 nitrogen and oxygen atoms in total. The van der Waals surface area contributed by atoms with Crippen LogP contribution in [0, 0.1) is 5.92 Å². The predicted molar refractivity (Wildman–Crippen MR) is 96.6 cm³/mol. The van der Waals surface area contributed by atoms with E-state index in [1.165, 1.54) is 12.1 Å². The van der Waals surface area contributed by atoms with Gasteiger partial charge in [-0.05, 0) is 50.6 Å². The maximum absolute atomic E-state index is 12.5. The largest absolute Gasteiger partial charge is 0.298 e. The maximum Gasteiger partial charge on any atom is 0.229 e. The molecular weight excluding hydrogens is 364 g/mol. The fourth-order valence-electron chi connectivity index (χ4n) is 3.66. The number of piperidine rings is 3. The molecule has 4 rings (SSSR count). The molecule has 0 radical (unpaired) electrons. The lowest BCUT2D eigenvalue weighted by Gasteiger charge is -2.44. The van der Waals surface area contributed by atoms with Gasteiger partial charge in [-0.1, -0.05) is 11.6 Å². The van der Waals surface area contributed by atoms with Crippen molar-refractivity contribution in [3.8, 4) is 0 Å². The third-order valence-electron chi connectivity index (χ3n) is 4.93. The molecule has 0 spiro atoms. The van der Waals surface area contributed by atoms with E-state index in [1.54, 1.807) is 6.07 Å². The average Bonchev–Trinajstić information content (AvgIpc) is 2.55. The zero-order chi connectivity index (χ0) is 18.2. The van der Waals surface area contributed by atoms with E-state index in [0.717, 1.165) is 32.2 Å². The molecule has 2 bridgehead atoms. The molecule has 3 fully saturated rings. The number of Topliss-reactive ketones (excluding diaryl/α,β-unsaturated/α-hetero) is 2. The second-order valence-corrected chi connectivity index (χ2v) is 8.91. The van der Waals surface area contributed by atoms with Crippen LogP contribution < -0.4 is 4.72 Å². The third kappa shape index (κ3) is 4.22. The summed E-state index contributed by atoms with van der Waals surface area (Å²) < 4.78 is 25.1. The van der Waals surface area contributed by atoms with Gasteiger partial charge in [0.2, 0.25) is 10.0 Å². The Morgan fingerprint density at radius 1 is 1.32 bits per heavy atom. The standard InChI is InChI=1S/C17H21ClN2O4S/c1-25(23,24)19-14-10-12(2-3-13(14)18)16(21)5-4-15-17(22)11-6-8-20(15)9-7-11/h2-3,10-11,15,19H,4-9H2,1H3. The molecule has 25 heavy (non-hydrogen) atoms. The number of benzene rings is 1. The quantitative estimate of drug-likeness (QED) is 0.761. The van der Waals surface area contributed by atoms with Crippen LogP contribution in [0.1, 0.15) is 36.0 Å². The Kier molecular flexibility index (Phi) is 5.18. The van der Waals surface area contributed by atoms with Crippen molar-refractivity contribution >= 4 is 38.9 Å². The van der Waals surface area contributed by atoms with E-state index in [-0.39, 0.29) is 40.7 Å². The van der Waals surface area contributed by atoms with Crippen molar-refractivity contribution in [2.45, 2.75) is 31.7 Å². The lowest BCUT2D eigenvalue weighted by molar-refractivity contribution is -0.137. The van der Waals surface area contributed by atoms with Crippen LogP contribution in [0.3, 0.4) is 0 Å². The van der Waals surface area contributed by atoms with Crippen molar-refractivity contribution in [2.24, 2.45) is 5.92 Å². The van der Waals surface area contributed by atoms with Gasteiger partial charge in [-0.15, -0.1) is 0 Å². The Labute approximate surface area is 152 Å². The highest BCUT2D eigenvalue weighted by atomic mass is 35.5. The number of carbonyl (C=O) groups excluding carboxylic acids is 2. The highest BCUT2D eigenvalue weighted by Gasteiger charge is 2.40. The van der Waals surface area contributed by atoms with Crippen LogP contribution in [0.25, 0.3) is 0 Å². The lowest BCUT2D eigenvalue weighted by Crippen LogP contribution is -2.55. The predicted octanol–water partition coefficient (Wildman–Crippen LogP) is 2.34. The summed E-state index contributed by atoms with van der Waals surface area (Å²) in [6.45, 7) is 1.86. The van der Waals surface area contributed by atoms with Gasteiger partial charge in [0.1, 0.15) is 0 Å². The minimum atomic E-state index is -3.48. The van der Waals surface area contributed by atoms with Crippen LogP contribution in [0.15, 0.2) is 18.2 Å². The summed E-state index contributed by atoms with van der Waals surface area (Å²) >= 11 is 5.98. The smallest absolute Gasteiger partial charge is 0.229 e. The monoisotopic (exact) mass is 384 g/mol. The Bertz CT molecular complexity index is 801. The van der Waals surface area contributed by atoms with E-state index < -0.39 is 10.0 Å². The summed E-state index contributed by atoms with van der Waals surface area (Å²) in [5.74, 6) is 0.302. The van der Waals surface area contributed by atoms with Gasteiger partial charge in [-0.25, -0.2) is 8.42 Å². The van der Waals surface area contributed by atoms with Gasteiger partial charge in [0.05, 0.1) is 23.0 Å². The molecule has 1 N–H and O–H groups in total. The van der Waals surface area contributed by atoms with Crippen molar-refractivity contribution in [3.05, 3.63) is 28.8 Å². The normalized spacial score (nSPS) is 25.8. The van der Waals surface area contributed by atoms with Crippen LogP contribution in [-0.4, -0.2) is 50.3 Å². The molecule has 8 heteroatoms. The molecule has 3 aliphatic heterocycles. The molecule has 0 saturated carbocycles. The first kappa shape index (κ1) is 18.4. The first-order chi connectivity index (χ1) is 11.7. The number of carbonyl (C=O) groups is 2. The molecule has 0 aromatic heterocycles. The van der Waals surface area contributed by atoms with Gasteiger partial charge in [0.25, 0.3) is 0 Å². The minimum absolute atomic E-state index is 0.122. The molecule has 3 saturated heterocycles. The second-order valence-electron chi connectivity index (χ2n) is 6.76. The SMILES string of the molecule is CS(=O)(=O)Nc1cc(C(=O)CCC2C(=O)C3CCN2CC3)ccc1Cl. The fourth-order valence-corrected chi connectivity index (χ4v) is 4.45. The number of hydrogen-bond acceptors (Lipinski definition) is 5. The van der Waals surface area contributed by atoms with Crippen molar-refractivity contribution in [1.82, 2.24) is 4.90 Å². The molecule has 1 aromatic carbocycles. The number of nitrogens with zero attached hydrogens (tertiary/aromatic N) is 1. The van der Waals surface area contributed by atoms with Gasteiger partial charge in [0.15, 0.2) is 11.6 Å². The Morgan fingerprint density at radius 3 is 2.60 bits per heavy atom. The van der Waals surface area contributed by atoms with Crippen molar-refractivity contribution in [3.63, 3.8) is 0 Å². The topological polar surface area (TPSA) is 83.5 Å². The van der Waals surface area contributed by atoms with Gasteiger partial charge in [-0.2, -0.15) is 0 Å². The molecular formula is C17H21ClN2O4S. The third-order valence-corrected chi connectivity index (χ3v) is 5.85. The van der Waals surface area contributed by atoms with E-state index in [9.17, 15) is 18.0 Å². The zero-order valence-electron chi connectivity index (χ0n) is 14.0. The summed E-state index contributed by atoms with van der Waals surface area (Å²) in [5, 5.41) is 0.229. The van der Waals surface area contributed by atoms with Gasteiger partial charge in [-0.3, -0.25) is 19.2 Å². The molecule has 3 aliphatic rings. The molecule has 136 valence electrons. The van der Waals surface area contributed by atoms with E-state index in [1.807, 2.05) is 0 Å². The maximum atomic E-state index is 12.5. The highest BCUT2D eigenvalue weighted by molar-refractivity contribution is 7.92. The molecule has 0 amide bonds. The van der Waals surface area contributed by atoms with Crippen molar-refractivity contribution < 1.29 is 18.0 Å². The van der Waals surface area contributed by atoms with E-state index in [0.29, 0.717) is 12.0 Å². The number of ketones is 2. The highest BCUT2D eigenvalue weighted by Crippen LogP contribution is 2.31. The van der Waals surface area contributed by atoms with E-state index in [4.69, 9.17) is 11.6 Å². The number of rotatable bonds is 6. The minimum Gasteiger partial charge on any atom is -0.298 e. The molecule has 3 heterocycles. The fraction of sp³-hybridized carbons (Fsp3) is 0.529. The van der Waals surface area contributed by atoms with Gasteiger partial charge >= 0.3 is 0 Å². The van der Waals surface area contributed by atoms with E-state index in [2.05, 4.69) is 9.62 Å². The summed E-state index contributed by atoms with van der Waals surface area (Å²) in [5.41, 5.74) is 0.575. The number of halogens is 1. The van der Waals surface area contributed by atoms with Crippen molar-refractivity contribution in [2.75, 3.05) is 24.1 Å². The summed E-state index contributed by atoms with van der Waals surface area (Å²) in [4.78, 5) is 27.0. The van der Waals surface area contributed by atoms with Crippen LogP contribution in [0.2, 0.25) is 5.02 Å². The number of fused-ring (bicyclic) bond motifs is 3. The molecule has 1 atom stereocenters. The number of anilines is 1. The summed E-state index contributed by atoms with van der Waals surface area (Å²) in [6, 6.07) is 4.37. The Morgan fingerprint density at radius 2 is 2.00 bits per heavy atom. The van der Waals surface area contributed by atoms with Crippen LogP contribution in [0.5, 0.6) is 0 Å². The second kappa shape index (κ2) is 7.05. The van der Waals surface area contributed by atoms with Crippen LogP contribution in [0.4, 0.5) is 5.69 Å². The molecule has 1 aromatic rings. The van der Waals surface area contributed by atoms with Crippen molar-refractivity contribution in [1.29, 1.82) is 0 Å². The zero-order valence-corrected chi connectivity index (χ0v) is 15.6. The first-order valence-electron chi connectivity index (χ1n) is 8.33. The molecule has 1 unspecified atom stereocenters. The summed E-state index contributed by atoms with van der Waals surface area (Å²) in [7, 11) is -3.48. The van der Waals surface area contributed by atoms with E-state index >= 15 is 0 Å². The number of hydrogen-bond donors (Lipinski definition) is 1.